The Morgan fingerprint density at radius 1 is 1.18 bits per heavy atom. The third kappa shape index (κ3) is 7.54. The van der Waals surface area contributed by atoms with E-state index < -0.39 is 9.84 Å². The van der Waals surface area contributed by atoms with Crippen molar-refractivity contribution in [2.45, 2.75) is 40.2 Å². The van der Waals surface area contributed by atoms with Gasteiger partial charge < -0.3 is 15.2 Å². The average Bonchev–Trinajstić information content (AvgIpc) is 3.04. The summed E-state index contributed by atoms with van der Waals surface area (Å²) in [6.45, 7) is 9.29. The van der Waals surface area contributed by atoms with E-state index in [9.17, 15) is 8.42 Å². The van der Waals surface area contributed by atoms with Gasteiger partial charge >= 0.3 is 0 Å². The molecule has 2 rings (SSSR count). The number of nitrogens with zero attached hydrogens (tertiary/aromatic N) is 2. The van der Waals surface area contributed by atoms with Crippen LogP contribution >= 0.6 is 0 Å². The molecule has 0 fully saturated rings. The predicted molar refractivity (Wildman–Crippen MR) is 119 cm³/mol. The Labute approximate surface area is 169 Å². The number of aromatic nitrogens is 1. The molecule has 0 aliphatic carbocycles. The molecule has 0 aliphatic rings. The first-order valence-corrected chi connectivity index (χ1v) is 12.0. The maximum Gasteiger partial charge on any atom is 0.191 e. The summed E-state index contributed by atoms with van der Waals surface area (Å²) < 4.78 is 25.1. The van der Waals surface area contributed by atoms with Gasteiger partial charge in [0.15, 0.2) is 5.96 Å². The molecule has 1 aromatic heterocycles. The first kappa shape index (κ1) is 22.3. The molecule has 7 heteroatoms. The number of hydrogen-bond donors (Lipinski definition) is 2. The van der Waals surface area contributed by atoms with Crippen LogP contribution in [0.3, 0.4) is 0 Å². The Bertz CT molecular complexity index is 885. The Kier molecular flexibility index (Phi) is 7.92. The van der Waals surface area contributed by atoms with Crippen molar-refractivity contribution in [3.05, 3.63) is 36.5 Å². The molecule has 0 saturated carbocycles. The summed E-state index contributed by atoms with van der Waals surface area (Å²) in [6, 6.07) is 10.6. The predicted octanol–water partition coefficient (Wildman–Crippen LogP) is 3.05. The number of rotatable bonds is 10. The normalized spacial score (nSPS) is 13.1. The maximum absolute atomic E-state index is 11.4. The largest absolute Gasteiger partial charge is 0.357 e. The Hall–Kier alpha value is -2.02. The Balaban J connectivity index is 1.83. The molecule has 2 N–H and O–H groups in total. The summed E-state index contributed by atoms with van der Waals surface area (Å²) in [7, 11) is -2.94. The highest BCUT2D eigenvalue weighted by Gasteiger charge is 2.20. The number of benzene rings is 1. The summed E-state index contributed by atoms with van der Waals surface area (Å²) in [5.41, 5.74) is 1.10. The lowest BCUT2D eigenvalue weighted by Crippen LogP contribution is -2.39. The van der Waals surface area contributed by atoms with Gasteiger partial charge in [-0.2, -0.15) is 0 Å². The Morgan fingerprint density at radius 3 is 2.64 bits per heavy atom. The van der Waals surface area contributed by atoms with Crippen LogP contribution in [-0.4, -0.2) is 50.6 Å². The molecule has 28 heavy (non-hydrogen) atoms. The van der Waals surface area contributed by atoms with Gasteiger partial charge in [-0.3, -0.25) is 4.99 Å². The van der Waals surface area contributed by atoms with Gasteiger partial charge in [-0.05, 0) is 42.7 Å². The van der Waals surface area contributed by atoms with Crippen molar-refractivity contribution in [1.82, 2.24) is 15.2 Å². The van der Waals surface area contributed by atoms with Crippen molar-refractivity contribution >= 4 is 26.7 Å². The first-order valence-electron chi connectivity index (χ1n) is 9.94. The summed E-state index contributed by atoms with van der Waals surface area (Å²) in [5, 5.41) is 7.91. The highest BCUT2D eigenvalue weighted by molar-refractivity contribution is 7.90. The Morgan fingerprint density at radius 2 is 1.93 bits per heavy atom. The molecule has 2 aromatic rings. The molecule has 0 amide bonds. The van der Waals surface area contributed by atoms with Crippen molar-refractivity contribution in [3.63, 3.8) is 0 Å². The van der Waals surface area contributed by atoms with Crippen LogP contribution in [0.4, 0.5) is 0 Å². The number of sulfone groups is 1. The van der Waals surface area contributed by atoms with E-state index >= 15 is 0 Å². The fraction of sp³-hybridized carbons (Fsp3) is 0.571. The van der Waals surface area contributed by atoms with Crippen LogP contribution in [-0.2, 0) is 16.4 Å². The van der Waals surface area contributed by atoms with Gasteiger partial charge in [0.1, 0.15) is 9.84 Å². The summed E-state index contributed by atoms with van der Waals surface area (Å²) in [6.07, 6.45) is 5.01. The maximum atomic E-state index is 11.4. The van der Waals surface area contributed by atoms with Gasteiger partial charge in [0.05, 0.1) is 5.75 Å². The molecule has 0 unspecified atom stereocenters. The SMILES string of the molecule is CCNC(=NCC(C)(C)CCS(C)(=O)=O)NCCCn1ccc2ccccc21. The van der Waals surface area contributed by atoms with Gasteiger partial charge in [0.2, 0.25) is 0 Å². The zero-order valence-electron chi connectivity index (χ0n) is 17.5. The molecule has 1 heterocycles. The number of hydrogen-bond acceptors (Lipinski definition) is 3. The summed E-state index contributed by atoms with van der Waals surface area (Å²) in [4.78, 5) is 4.66. The minimum Gasteiger partial charge on any atom is -0.357 e. The molecule has 0 spiro atoms. The smallest absolute Gasteiger partial charge is 0.191 e. The van der Waals surface area contributed by atoms with E-state index in [0.29, 0.717) is 13.0 Å². The van der Waals surface area contributed by atoms with E-state index in [2.05, 4.69) is 70.6 Å². The summed E-state index contributed by atoms with van der Waals surface area (Å²) >= 11 is 0. The fourth-order valence-corrected chi connectivity index (χ4v) is 3.89. The van der Waals surface area contributed by atoms with Gasteiger partial charge in [0.25, 0.3) is 0 Å². The van der Waals surface area contributed by atoms with Crippen molar-refractivity contribution in [3.8, 4) is 0 Å². The van der Waals surface area contributed by atoms with Crippen LogP contribution in [0.2, 0.25) is 0 Å². The molecular weight excluding hydrogens is 372 g/mol. The third-order valence-corrected chi connectivity index (χ3v) is 5.65. The number of nitrogens with one attached hydrogen (secondary N) is 2. The molecule has 0 bridgehead atoms. The molecule has 1 aromatic carbocycles. The average molecular weight is 407 g/mol. The van der Waals surface area contributed by atoms with Crippen LogP contribution in [0, 0.1) is 5.41 Å². The van der Waals surface area contributed by atoms with Crippen LogP contribution in [0.25, 0.3) is 10.9 Å². The topological polar surface area (TPSA) is 75.5 Å². The van der Waals surface area contributed by atoms with Gasteiger partial charge in [-0.1, -0.05) is 32.0 Å². The summed E-state index contributed by atoms with van der Waals surface area (Å²) in [5.74, 6) is 0.983. The fourth-order valence-electron chi connectivity index (χ4n) is 2.97. The lowest BCUT2D eigenvalue weighted by atomic mass is 9.90. The second kappa shape index (κ2) is 9.96. The monoisotopic (exact) mass is 406 g/mol. The number of guanidine groups is 1. The van der Waals surface area contributed by atoms with Gasteiger partial charge in [0, 0.05) is 44.1 Å². The minimum absolute atomic E-state index is 0.157. The highest BCUT2D eigenvalue weighted by atomic mass is 32.2. The van der Waals surface area contributed by atoms with Gasteiger partial charge in [-0.15, -0.1) is 0 Å². The van der Waals surface area contributed by atoms with Crippen molar-refractivity contribution in [1.29, 1.82) is 0 Å². The second-order valence-corrected chi connectivity index (χ2v) is 10.3. The lowest BCUT2D eigenvalue weighted by molar-refractivity contribution is 0.365. The van der Waals surface area contributed by atoms with Crippen LogP contribution in [0.1, 0.15) is 33.6 Å². The number of para-hydroxylation sites is 1. The lowest BCUT2D eigenvalue weighted by Gasteiger charge is -2.22. The molecule has 0 radical (unpaired) electrons. The van der Waals surface area contributed by atoms with E-state index in [4.69, 9.17) is 0 Å². The molecular formula is C21H34N4O2S. The van der Waals surface area contributed by atoms with E-state index in [1.165, 1.54) is 17.2 Å². The number of aryl methyl sites for hydroxylation is 1. The van der Waals surface area contributed by atoms with Gasteiger partial charge in [-0.25, -0.2) is 8.42 Å². The van der Waals surface area contributed by atoms with E-state index in [0.717, 1.165) is 32.0 Å². The molecule has 0 atom stereocenters. The van der Waals surface area contributed by atoms with E-state index in [1.54, 1.807) is 0 Å². The van der Waals surface area contributed by atoms with Crippen molar-refractivity contribution < 1.29 is 8.42 Å². The van der Waals surface area contributed by atoms with Crippen LogP contribution in [0.15, 0.2) is 41.5 Å². The van der Waals surface area contributed by atoms with E-state index in [1.807, 2.05) is 6.92 Å². The molecule has 0 saturated heterocycles. The minimum atomic E-state index is -2.94. The van der Waals surface area contributed by atoms with E-state index in [-0.39, 0.29) is 11.2 Å². The zero-order chi connectivity index (χ0) is 20.6. The van der Waals surface area contributed by atoms with Crippen LogP contribution < -0.4 is 10.6 Å². The molecule has 6 nitrogen and oxygen atoms in total. The third-order valence-electron chi connectivity index (χ3n) is 4.71. The van der Waals surface area contributed by atoms with Crippen molar-refractivity contribution in [2.75, 3.05) is 31.6 Å². The molecule has 156 valence electrons. The first-order chi connectivity index (χ1) is 13.2. The highest BCUT2D eigenvalue weighted by Crippen LogP contribution is 2.21. The quantitative estimate of drug-likeness (QED) is 0.361. The zero-order valence-corrected chi connectivity index (χ0v) is 18.3. The number of fused-ring (bicyclic) bond motifs is 1. The molecule has 0 aliphatic heterocycles. The second-order valence-electron chi connectivity index (χ2n) is 8.09. The standard InChI is InChI=1S/C21H34N4O2S/c1-5-22-20(24-17-21(2,3)12-16-28(4,26)27)23-13-8-14-25-15-11-18-9-6-7-10-19(18)25/h6-7,9-11,15H,5,8,12-14,16-17H2,1-4H3,(H2,22,23,24). The van der Waals surface area contributed by atoms with Crippen molar-refractivity contribution in [2.24, 2.45) is 10.4 Å². The number of aliphatic imine (C=N–C) groups is 1. The van der Waals surface area contributed by atoms with Crippen LogP contribution in [0.5, 0.6) is 0 Å².